The van der Waals surface area contributed by atoms with Crippen molar-refractivity contribution in [2.24, 2.45) is 0 Å². The van der Waals surface area contributed by atoms with Crippen molar-refractivity contribution in [3.8, 4) is 11.5 Å². The lowest BCUT2D eigenvalue weighted by Crippen LogP contribution is -2.06. The number of hydrogen-bond donors (Lipinski definition) is 1. The number of aliphatic hydroxyl groups is 1. The third-order valence-electron chi connectivity index (χ3n) is 1.98. The van der Waals surface area contributed by atoms with Crippen LogP contribution in [0.25, 0.3) is 11.5 Å². The van der Waals surface area contributed by atoms with Crippen LogP contribution in [-0.2, 0) is 12.8 Å². The molecule has 0 spiro atoms. The van der Waals surface area contributed by atoms with Gasteiger partial charge in [-0.2, -0.15) is 18.2 Å². The van der Waals surface area contributed by atoms with Crippen molar-refractivity contribution in [1.82, 2.24) is 15.1 Å². The number of aliphatic hydroxyl groups excluding tert-OH is 1. The topological polar surface area (TPSA) is 72.0 Å². The van der Waals surface area contributed by atoms with Gasteiger partial charge in [0.2, 0.25) is 5.82 Å². The molecule has 0 amide bonds. The van der Waals surface area contributed by atoms with E-state index in [0.717, 1.165) is 6.07 Å². The first-order valence-electron chi connectivity index (χ1n) is 4.58. The first-order valence-corrected chi connectivity index (χ1v) is 4.96. The fourth-order valence-corrected chi connectivity index (χ4v) is 1.42. The van der Waals surface area contributed by atoms with E-state index < -0.39 is 18.3 Å². The average molecular weight is 280 g/mol. The molecule has 0 aliphatic carbocycles. The summed E-state index contributed by atoms with van der Waals surface area (Å²) in [7, 11) is 0. The maximum atomic E-state index is 12.4. The summed E-state index contributed by atoms with van der Waals surface area (Å²) in [4.78, 5) is 7.24. The summed E-state index contributed by atoms with van der Waals surface area (Å²) in [6.07, 6.45) is -3.90. The minimum absolute atomic E-state index is 0.0480. The van der Waals surface area contributed by atoms with Gasteiger partial charge in [0.25, 0.3) is 5.89 Å². The van der Waals surface area contributed by atoms with E-state index in [0.29, 0.717) is 6.20 Å². The molecule has 96 valence electrons. The lowest BCUT2D eigenvalue weighted by Gasteiger charge is -2.07. The van der Waals surface area contributed by atoms with Gasteiger partial charge in [0.05, 0.1) is 10.6 Å². The van der Waals surface area contributed by atoms with Crippen LogP contribution in [0.4, 0.5) is 13.2 Å². The van der Waals surface area contributed by atoms with E-state index in [1.165, 1.54) is 0 Å². The van der Waals surface area contributed by atoms with Crippen molar-refractivity contribution in [3.63, 3.8) is 0 Å². The molecule has 0 saturated heterocycles. The number of hydrogen-bond acceptors (Lipinski definition) is 5. The Morgan fingerprint density at radius 3 is 2.61 bits per heavy atom. The van der Waals surface area contributed by atoms with Crippen molar-refractivity contribution >= 4 is 11.6 Å². The van der Waals surface area contributed by atoms with Gasteiger partial charge in [0.1, 0.15) is 12.3 Å². The predicted molar refractivity (Wildman–Crippen MR) is 53.5 cm³/mol. The van der Waals surface area contributed by atoms with Gasteiger partial charge in [-0.3, -0.25) is 4.98 Å². The lowest BCUT2D eigenvalue weighted by molar-refractivity contribution is -0.137. The molecule has 9 heteroatoms. The van der Waals surface area contributed by atoms with Crippen molar-refractivity contribution in [3.05, 3.63) is 28.7 Å². The largest absolute Gasteiger partial charge is 0.417 e. The van der Waals surface area contributed by atoms with Crippen LogP contribution in [0.15, 0.2) is 16.8 Å². The van der Waals surface area contributed by atoms with E-state index in [2.05, 4.69) is 19.6 Å². The quantitative estimate of drug-likeness (QED) is 0.913. The standard InChI is InChI=1S/C9H5ClF3N3O2/c10-5-1-4(9(11,12)13)2-14-7(5)8-15-6(3-17)18-16-8/h1-2,17H,3H2. The Balaban J connectivity index is 2.41. The number of alkyl halides is 3. The van der Waals surface area contributed by atoms with Crippen LogP contribution in [0.2, 0.25) is 5.02 Å². The highest BCUT2D eigenvalue weighted by Gasteiger charge is 2.32. The van der Waals surface area contributed by atoms with Crippen LogP contribution in [0, 0.1) is 0 Å². The van der Waals surface area contributed by atoms with Crippen molar-refractivity contribution in [2.75, 3.05) is 0 Å². The molecule has 0 aliphatic rings. The molecule has 2 heterocycles. The molecule has 18 heavy (non-hydrogen) atoms. The molecule has 1 N–H and O–H groups in total. The van der Waals surface area contributed by atoms with Gasteiger partial charge in [-0.15, -0.1) is 0 Å². The maximum Gasteiger partial charge on any atom is 0.417 e. The summed E-state index contributed by atoms with van der Waals surface area (Å²) < 4.78 is 41.7. The highest BCUT2D eigenvalue weighted by Crippen LogP contribution is 2.33. The Bertz CT molecular complexity index is 570. The van der Waals surface area contributed by atoms with E-state index in [9.17, 15) is 13.2 Å². The van der Waals surface area contributed by atoms with Crippen LogP contribution in [0.3, 0.4) is 0 Å². The smallest absolute Gasteiger partial charge is 0.387 e. The summed E-state index contributed by atoms with van der Waals surface area (Å²) in [6, 6.07) is 0.721. The molecule has 0 unspecified atom stereocenters. The molecule has 0 radical (unpaired) electrons. The summed E-state index contributed by atoms with van der Waals surface area (Å²) in [5.74, 6) is -0.166. The highest BCUT2D eigenvalue weighted by atomic mass is 35.5. The molecule has 0 saturated carbocycles. The number of aromatic nitrogens is 3. The highest BCUT2D eigenvalue weighted by molar-refractivity contribution is 6.32. The van der Waals surface area contributed by atoms with Crippen molar-refractivity contribution in [2.45, 2.75) is 12.8 Å². The van der Waals surface area contributed by atoms with Crippen LogP contribution >= 0.6 is 11.6 Å². The summed E-state index contributed by atoms with van der Waals surface area (Å²) in [5, 5.41) is 11.9. The molecule has 0 atom stereocenters. The van der Waals surface area contributed by atoms with Crippen molar-refractivity contribution < 1.29 is 22.8 Å². The van der Waals surface area contributed by atoms with Crippen LogP contribution in [0.5, 0.6) is 0 Å². The van der Waals surface area contributed by atoms with E-state index >= 15 is 0 Å². The van der Waals surface area contributed by atoms with E-state index in [1.54, 1.807) is 0 Å². The van der Waals surface area contributed by atoms with Gasteiger partial charge in [-0.05, 0) is 6.07 Å². The SMILES string of the molecule is OCc1nc(-c2ncc(C(F)(F)F)cc2Cl)no1. The minimum atomic E-state index is -4.53. The molecule has 0 aromatic carbocycles. The first-order chi connectivity index (χ1) is 8.41. The predicted octanol–water partition coefficient (Wildman–Crippen LogP) is 2.30. The number of halogens is 4. The maximum absolute atomic E-state index is 12.4. The fraction of sp³-hybridized carbons (Fsp3) is 0.222. The Hall–Kier alpha value is -1.67. The summed E-state index contributed by atoms with van der Waals surface area (Å²) in [5.41, 5.74) is -1.02. The zero-order valence-electron chi connectivity index (χ0n) is 8.57. The molecule has 2 aromatic heterocycles. The summed E-state index contributed by atoms with van der Waals surface area (Å²) in [6.45, 7) is -0.481. The molecule has 2 rings (SSSR count). The molecule has 5 nitrogen and oxygen atoms in total. The van der Waals surface area contributed by atoms with Gasteiger partial charge in [-0.25, -0.2) is 0 Å². The number of pyridine rings is 1. The van der Waals surface area contributed by atoms with Crippen LogP contribution < -0.4 is 0 Å². The van der Waals surface area contributed by atoms with E-state index in [-0.39, 0.29) is 22.4 Å². The zero-order chi connectivity index (χ0) is 13.3. The summed E-state index contributed by atoms with van der Waals surface area (Å²) >= 11 is 5.68. The number of nitrogens with zero attached hydrogens (tertiary/aromatic N) is 3. The monoisotopic (exact) mass is 279 g/mol. The van der Waals surface area contributed by atoms with Crippen LogP contribution in [-0.4, -0.2) is 20.2 Å². The second-order valence-electron chi connectivity index (χ2n) is 3.22. The van der Waals surface area contributed by atoms with Gasteiger partial charge < -0.3 is 9.63 Å². The Labute approximate surface area is 103 Å². The third kappa shape index (κ3) is 2.44. The normalized spacial score (nSPS) is 11.8. The Morgan fingerprint density at radius 2 is 2.11 bits per heavy atom. The molecule has 0 aliphatic heterocycles. The Kier molecular flexibility index (Phi) is 3.22. The van der Waals surface area contributed by atoms with Crippen molar-refractivity contribution in [1.29, 1.82) is 0 Å². The number of rotatable bonds is 2. The zero-order valence-corrected chi connectivity index (χ0v) is 9.33. The lowest BCUT2D eigenvalue weighted by atomic mass is 10.2. The fourth-order valence-electron chi connectivity index (χ4n) is 1.17. The van der Waals surface area contributed by atoms with Gasteiger partial charge in [0.15, 0.2) is 0 Å². The second kappa shape index (κ2) is 4.54. The van der Waals surface area contributed by atoms with Gasteiger partial charge >= 0.3 is 6.18 Å². The van der Waals surface area contributed by atoms with E-state index in [4.69, 9.17) is 16.7 Å². The van der Waals surface area contributed by atoms with E-state index in [1.807, 2.05) is 0 Å². The van der Waals surface area contributed by atoms with Gasteiger partial charge in [-0.1, -0.05) is 16.8 Å². The second-order valence-corrected chi connectivity index (χ2v) is 3.63. The molecule has 0 bridgehead atoms. The third-order valence-corrected chi connectivity index (χ3v) is 2.27. The Morgan fingerprint density at radius 1 is 1.39 bits per heavy atom. The molecular formula is C9H5ClF3N3O2. The molecule has 2 aromatic rings. The van der Waals surface area contributed by atoms with Crippen LogP contribution in [0.1, 0.15) is 11.5 Å². The molecule has 0 fully saturated rings. The minimum Gasteiger partial charge on any atom is -0.387 e. The first kappa shape index (κ1) is 12.8. The van der Waals surface area contributed by atoms with Gasteiger partial charge in [0, 0.05) is 6.20 Å². The molecular weight excluding hydrogens is 275 g/mol. The average Bonchev–Trinajstić information content (AvgIpc) is 2.76.